The Morgan fingerprint density at radius 3 is 1.83 bits per heavy atom. The number of nitrogens with one attached hydrogen (secondary N) is 3. The number of fused-ring (bicyclic) bond motifs is 2. The van der Waals surface area contributed by atoms with Crippen molar-refractivity contribution in [3.8, 4) is 17.2 Å². The predicted molar refractivity (Wildman–Crippen MR) is 218 cm³/mol. The molecule has 0 aliphatic heterocycles. The first kappa shape index (κ1) is 37.4. The van der Waals surface area contributed by atoms with Crippen LogP contribution in [0.5, 0.6) is 11.5 Å². The second kappa shape index (κ2) is 17.4. The van der Waals surface area contributed by atoms with E-state index in [2.05, 4.69) is 87.4 Å². The van der Waals surface area contributed by atoms with Crippen LogP contribution in [0.2, 0.25) is 0 Å². The molecule has 272 valence electrons. The van der Waals surface area contributed by atoms with Gasteiger partial charge in [0.05, 0.1) is 65.6 Å². The predicted octanol–water partition coefficient (Wildman–Crippen LogP) is 9.72. The number of halogens is 1. The summed E-state index contributed by atoms with van der Waals surface area (Å²) in [7, 11) is 3.35. The number of rotatable bonds is 9. The maximum atomic E-state index is 5.61. The molecule has 15 heteroatoms. The molecule has 0 bridgehead atoms. The first-order chi connectivity index (χ1) is 25.7. The number of aromatic nitrogens is 8. The highest BCUT2D eigenvalue weighted by Gasteiger charge is 2.15. The summed E-state index contributed by atoms with van der Waals surface area (Å²) in [4.78, 5) is 30.2. The van der Waals surface area contributed by atoms with Crippen molar-refractivity contribution >= 4 is 70.7 Å². The average Bonchev–Trinajstić information content (AvgIpc) is 4.01. The minimum Gasteiger partial charge on any atom is -0.496 e. The highest BCUT2D eigenvalue weighted by molar-refractivity contribution is 9.10. The largest absolute Gasteiger partial charge is 0.496 e. The summed E-state index contributed by atoms with van der Waals surface area (Å²) in [6, 6.07) is 16.5. The van der Waals surface area contributed by atoms with Crippen LogP contribution in [0, 0.1) is 13.8 Å². The van der Waals surface area contributed by atoms with Gasteiger partial charge >= 0.3 is 0 Å². The van der Waals surface area contributed by atoms with Gasteiger partial charge in [-0.15, -0.1) is 22.7 Å². The van der Waals surface area contributed by atoms with Gasteiger partial charge in [-0.25, -0.2) is 29.9 Å². The van der Waals surface area contributed by atoms with Crippen LogP contribution >= 0.6 is 38.6 Å². The molecule has 0 fully saturated rings. The summed E-state index contributed by atoms with van der Waals surface area (Å²) >= 11 is 6.70. The molecule has 8 aromatic rings. The number of aromatic amines is 1. The maximum Gasteiger partial charge on any atom is 0.143 e. The van der Waals surface area contributed by atoms with Crippen molar-refractivity contribution in [3.05, 3.63) is 124 Å². The van der Waals surface area contributed by atoms with E-state index in [0.717, 1.165) is 76.2 Å². The number of hydrogen-bond donors (Lipinski definition) is 3. The Balaban J connectivity index is 0.000000159. The van der Waals surface area contributed by atoms with E-state index in [1.807, 2.05) is 71.8 Å². The lowest BCUT2D eigenvalue weighted by Gasteiger charge is -2.18. The number of ether oxygens (including phenoxy) is 2. The third-order valence-electron chi connectivity index (χ3n) is 8.23. The molecule has 0 radical (unpaired) electrons. The van der Waals surface area contributed by atoms with Crippen LogP contribution in [-0.2, 0) is 0 Å². The van der Waals surface area contributed by atoms with Crippen molar-refractivity contribution in [2.45, 2.75) is 39.8 Å². The third-order valence-corrected chi connectivity index (χ3v) is 10.5. The number of thiophene rings is 2. The molecule has 0 saturated carbocycles. The van der Waals surface area contributed by atoms with Crippen LogP contribution in [0.15, 0.2) is 101 Å². The van der Waals surface area contributed by atoms with E-state index in [9.17, 15) is 0 Å². The second-order valence-electron chi connectivity index (χ2n) is 11.9. The number of nitrogens with zero attached hydrogens (tertiary/aromatic N) is 7. The zero-order valence-corrected chi connectivity index (χ0v) is 33.3. The molecule has 2 aromatic carbocycles. The third kappa shape index (κ3) is 9.17. The van der Waals surface area contributed by atoms with E-state index in [1.165, 1.54) is 0 Å². The van der Waals surface area contributed by atoms with E-state index >= 15 is 0 Å². The van der Waals surface area contributed by atoms with Gasteiger partial charge in [0, 0.05) is 18.1 Å². The molecule has 0 aliphatic rings. The number of methoxy groups -OCH3 is 2. The fourth-order valence-electron chi connectivity index (χ4n) is 5.39. The Kier molecular flexibility index (Phi) is 12.3. The van der Waals surface area contributed by atoms with E-state index in [-0.39, 0.29) is 12.1 Å². The zero-order chi connectivity index (χ0) is 37.3. The van der Waals surface area contributed by atoms with Crippen molar-refractivity contribution in [1.29, 1.82) is 0 Å². The van der Waals surface area contributed by atoms with Gasteiger partial charge in [-0.3, -0.25) is 0 Å². The molecular formula is C38H39BrN10O2S2. The van der Waals surface area contributed by atoms with Crippen molar-refractivity contribution in [2.75, 3.05) is 24.9 Å². The van der Waals surface area contributed by atoms with Crippen molar-refractivity contribution in [2.24, 2.45) is 0 Å². The number of aryl methyl sites for hydroxylation is 2. The van der Waals surface area contributed by atoms with E-state index < -0.39 is 0 Å². The molecule has 53 heavy (non-hydrogen) atoms. The molecular weight excluding hydrogens is 773 g/mol. The molecule has 3 N–H and O–H groups in total. The van der Waals surface area contributed by atoms with Gasteiger partial charge in [0.2, 0.25) is 0 Å². The molecule has 6 heterocycles. The Bertz CT molecular complexity index is 2390. The lowest BCUT2D eigenvalue weighted by molar-refractivity contribution is 0.411. The molecule has 0 amide bonds. The highest BCUT2D eigenvalue weighted by atomic mass is 79.9. The van der Waals surface area contributed by atoms with Crippen LogP contribution in [0.1, 0.15) is 48.4 Å². The molecule has 0 spiro atoms. The first-order valence-electron chi connectivity index (χ1n) is 16.6. The van der Waals surface area contributed by atoms with Gasteiger partial charge in [0.15, 0.2) is 0 Å². The number of hydrogen-bond acceptors (Lipinski definition) is 12. The molecule has 8 rings (SSSR count). The lowest BCUT2D eigenvalue weighted by Crippen LogP contribution is -2.09. The Labute approximate surface area is 323 Å². The fraction of sp³-hybridized carbons (Fsp3) is 0.211. The van der Waals surface area contributed by atoms with Gasteiger partial charge in [0.25, 0.3) is 0 Å². The van der Waals surface area contributed by atoms with Crippen molar-refractivity contribution < 1.29 is 9.47 Å². The number of benzene rings is 2. The topological polar surface area (TPSA) is 141 Å². The summed E-state index contributed by atoms with van der Waals surface area (Å²) in [5.74, 6) is 3.33. The van der Waals surface area contributed by atoms with Crippen molar-refractivity contribution in [1.82, 2.24) is 39.5 Å². The quantitative estimate of drug-likeness (QED) is 0.129. The maximum absolute atomic E-state index is 5.61. The minimum absolute atomic E-state index is 0.0699. The van der Waals surface area contributed by atoms with Gasteiger partial charge in [-0.2, -0.15) is 0 Å². The molecule has 2 unspecified atom stereocenters. The summed E-state index contributed by atoms with van der Waals surface area (Å²) in [5, 5.41) is 13.1. The molecule has 0 aliphatic carbocycles. The SMILES string of the molecule is COc1cc(C(C)Nc2ncnc3sccc23)ccc1-n1cnc(C)c1.COc1cc(C(C)Nc2ncnc3sccc23)ccc1Br.Cc1cnc[nH]1. The average molecular weight is 812 g/mol. The lowest BCUT2D eigenvalue weighted by atomic mass is 10.1. The van der Waals surface area contributed by atoms with Crippen LogP contribution in [0.25, 0.3) is 26.1 Å². The smallest absolute Gasteiger partial charge is 0.143 e. The highest BCUT2D eigenvalue weighted by Crippen LogP contribution is 2.32. The Morgan fingerprint density at radius 1 is 0.755 bits per heavy atom. The standard InChI is InChI=1S/C19H19N5OS.C15H14BrN3OS.C4H6N2/c1-12-9-24(11-22-12)16-5-4-14(8-17(16)25-3)13(2)23-18-15-6-7-26-19(15)21-10-20-18;1-9(10-3-4-12(16)13(7-10)20-2)19-14-11-5-6-21-15(11)18-8-17-14;1-4-2-5-3-6-4/h4-11,13H,1-3H3,(H,20,21,23);3-9H,1-2H3,(H,17,18,19);2-3H,1H3,(H,5,6). The minimum atomic E-state index is 0.0699. The monoisotopic (exact) mass is 810 g/mol. The van der Waals surface area contributed by atoms with Crippen LogP contribution < -0.4 is 20.1 Å². The van der Waals surface area contributed by atoms with Crippen molar-refractivity contribution in [3.63, 3.8) is 0 Å². The summed E-state index contributed by atoms with van der Waals surface area (Å²) in [6.07, 6.45) is 10.4. The Morgan fingerprint density at radius 2 is 1.34 bits per heavy atom. The van der Waals surface area contributed by atoms with E-state index in [1.54, 1.807) is 68.4 Å². The second-order valence-corrected chi connectivity index (χ2v) is 14.6. The van der Waals surface area contributed by atoms with Gasteiger partial charge in [-0.1, -0.05) is 12.1 Å². The Hall–Kier alpha value is -5.38. The molecule has 2 atom stereocenters. The summed E-state index contributed by atoms with van der Waals surface area (Å²) < 4.78 is 13.9. The van der Waals surface area contributed by atoms with Crippen LogP contribution in [0.3, 0.4) is 0 Å². The molecule has 6 aromatic heterocycles. The van der Waals surface area contributed by atoms with Gasteiger partial charge in [-0.05, 0) is 102 Å². The van der Waals surface area contributed by atoms with Gasteiger partial charge in [0.1, 0.15) is 45.5 Å². The molecule has 12 nitrogen and oxygen atoms in total. The van der Waals surface area contributed by atoms with Crippen LogP contribution in [0.4, 0.5) is 11.6 Å². The number of H-pyrrole nitrogens is 1. The zero-order valence-electron chi connectivity index (χ0n) is 30.0. The fourth-order valence-corrected chi connectivity index (χ4v) is 7.26. The number of imidazole rings is 2. The van der Waals surface area contributed by atoms with E-state index in [4.69, 9.17) is 9.47 Å². The molecule has 0 saturated heterocycles. The summed E-state index contributed by atoms with van der Waals surface area (Å²) in [6.45, 7) is 8.14. The normalized spacial score (nSPS) is 11.9. The van der Waals surface area contributed by atoms with Crippen LogP contribution in [-0.4, -0.2) is 53.7 Å². The first-order valence-corrected chi connectivity index (χ1v) is 19.2. The number of anilines is 2. The van der Waals surface area contributed by atoms with Gasteiger partial charge < -0.3 is 29.7 Å². The van der Waals surface area contributed by atoms with E-state index in [0.29, 0.717) is 0 Å². The summed E-state index contributed by atoms with van der Waals surface area (Å²) in [5.41, 5.74) is 5.29.